The first-order valence-electron chi connectivity index (χ1n) is 6.99. The van der Waals surface area contributed by atoms with Crippen LogP contribution in [0.1, 0.15) is 24.4 Å². The Hall–Kier alpha value is -2.56. The molecule has 0 aliphatic rings. The molecule has 21 heavy (non-hydrogen) atoms. The highest BCUT2D eigenvalue weighted by molar-refractivity contribution is 5.43. The van der Waals surface area contributed by atoms with Gasteiger partial charge < -0.3 is 9.88 Å². The predicted molar refractivity (Wildman–Crippen MR) is 83.5 cm³/mol. The van der Waals surface area contributed by atoms with Gasteiger partial charge >= 0.3 is 0 Å². The summed E-state index contributed by atoms with van der Waals surface area (Å²) in [5, 5.41) is 7.61. The molecular formula is C16H19N5. The van der Waals surface area contributed by atoms with E-state index in [1.807, 2.05) is 38.8 Å². The minimum Gasteiger partial charge on any atom is -0.376 e. The van der Waals surface area contributed by atoms with E-state index < -0.39 is 0 Å². The van der Waals surface area contributed by atoms with Gasteiger partial charge in [-0.15, -0.1) is 0 Å². The highest BCUT2D eigenvalue weighted by Crippen LogP contribution is 2.20. The van der Waals surface area contributed by atoms with Crippen LogP contribution in [0.2, 0.25) is 0 Å². The maximum atomic E-state index is 4.25. The van der Waals surface area contributed by atoms with Crippen LogP contribution in [0.3, 0.4) is 0 Å². The summed E-state index contributed by atoms with van der Waals surface area (Å²) in [6, 6.07) is 8.75. The number of nitrogens with zero attached hydrogens (tertiary/aromatic N) is 4. The summed E-state index contributed by atoms with van der Waals surface area (Å²) in [7, 11) is 1.91. The summed E-state index contributed by atoms with van der Waals surface area (Å²) in [4.78, 5) is 4.25. The molecule has 1 aromatic carbocycles. The lowest BCUT2D eigenvalue weighted by Crippen LogP contribution is -2.06. The maximum absolute atomic E-state index is 4.25. The standard InChI is InChI=1S/C16H19N5/c1-12(19-15-10-18-20(3)11-15)14-4-6-16(7-5-14)21-9-8-17-13(21)2/h4-12,19H,1-3H3. The van der Waals surface area contributed by atoms with Crippen LogP contribution in [0.15, 0.2) is 49.1 Å². The van der Waals surface area contributed by atoms with Crippen molar-refractivity contribution in [1.82, 2.24) is 19.3 Å². The Morgan fingerprint density at radius 3 is 2.52 bits per heavy atom. The van der Waals surface area contributed by atoms with Crippen molar-refractivity contribution in [3.63, 3.8) is 0 Å². The van der Waals surface area contributed by atoms with Crippen molar-refractivity contribution in [2.24, 2.45) is 7.05 Å². The van der Waals surface area contributed by atoms with E-state index in [2.05, 4.69) is 51.2 Å². The number of hydrogen-bond donors (Lipinski definition) is 1. The lowest BCUT2D eigenvalue weighted by molar-refractivity contribution is 0.767. The molecule has 1 atom stereocenters. The molecule has 2 aromatic heterocycles. The van der Waals surface area contributed by atoms with Crippen molar-refractivity contribution in [1.29, 1.82) is 0 Å². The van der Waals surface area contributed by atoms with Crippen molar-refractivity contribution < 1.29 is 0 Å². The third-order valence-corrected chi connectivity index (χ3v) is 3.59. The number of nitrogens with one attached hydrogen (secondary N) is 1. The van der Waals surface area contributed by atoms with E-state index in [-0.39, 0.29) is 6.04 Å². The van der Waals surface area contributed by atoms with Crippen molar-refractivity contribution in [3.05, 3.63) is 60.4 Å². The summed E-state index contributed by atoms with van der Waals surface area (Å²) in [6.45, 7) is 4.14. The molecule has 2 heterocycles. The second kappa shape index (κ2) is 5.44. The third-order valence-electron chi connectivity index (χ3n) is 3.59. The minimum absolute atomic E-state index is 0.229. The summed E-state index contributed by atoms with van der Waals surface area (Å²) in [5.74, 6) is 0.990. The van der Waals surface area contributed by atoms with Crippen LogP contribution >= 0.6 is 0 Å². The quantitative estimate of drug-likeness (QED) is 0.799. The number of aryl methyl sites for hydroxylation is 2. The summed E-state index contributed by atoms with van der Waals surface area (Å²) in [5.41, 5.74) is 3.39. The molecule has 0 fully saturated rings. The lowest BCUT2D eigenvalue weighted by Gasteiger charge is -2.15. The fraction of sp³-hybridized carbons (Fsp3) is 0.250. The Bertz CT molecular complexity index is 723. The molecule has 0 amide bonds. The van der Waals surface area contributed by atoms with Crippen molar-refractivity contribution >= 4 is 5.69 Å². The zero-order chi connectivity index (χ0) is 14.8. The van der Waals surface area contributed by atoms with Gasteiger partial charge in [0.25, 0.3) is 0 Å². The van der Waals surface area contributed by atoms with Gasteiger partial charge in [0.2, 0.25) is 0 Å². The van der Waals surface area contributed by atoms with Gasteiger partial charge in [0.1, 0.15) is 5.82 Å². The zero-order valence-corrected chi connectivity index (χ0v) is 12.5. The van der Waals surface area contributed by atoms with E-state index >= 15 is 0 Å². The predicted octanol–water partition coefficient (Wildman–Crippen LogP) is 3.09. The van der Waals surface area contributed by atoms with Crippen LogP contribution in [0, 0.1) is 6.92 Å². The molecule has 5 heteroatoms. The van der Waals surface area contributed by atoms with Gasteiger partial charge in [-0.1, -0.05) is 12.1 Å². The van der Waals surface area contributed by atoms with Gasteiger partial charge in [-0.3, -0.25) is 4.68 Å². The minimum atomic E-state index is 0.229. The Balaban J connectivity index is 1.76. The average Bonchev–Trinajstić information content (AvgIpc) is 3.08. The number of rotatable bonds is 4. The molecule has 1 unspecified atom stereocenters. The zero-order valence-electron chi connectivity index (χ0n) is 12.5. The number of anilines is 1. The monoisotopic (exact) mass is 281 g/mol. The van der Waals surface area contributed by atoms with Gasteiger partial charge in [0.15, 0.2) is 0 Å². The summed E-state index contributed by atoms with van der Waals surface area (Å²) in [6.07, 6.45) is 7.59. The van der Waals surface area contributed by atoms with E-state index in [1.165, 1.54) is 5.56 Å². The van der Waals surface area contributed by atoms with Crippen LogP contribution in [0.25, 0.3) is 5.69 Å². The van der Waals surface area contributed by atoms with Gasteiger partial charge in [0.05, 0.1) is 11.9 Å². The Morgan fingerprint density at radius 1 is 1.19 bits per heavy atom. The van der Waals surface area contributed by atoms with Gasteiger partial charge in [0, 0.05) is 37.4 Å². The van der Waals surface area contributed by atoms with Crippen molar-refractivity contribution in [2.75, 3.05) is 5.32 Å². The average molecular weight is 281 g/mol. The fourth-order valence-electron chi connectivity index (χ4n) is 2.40. The second-order valence-corrected chi connectivity index (χ2v) is 5.20. The molecule has 0 spiro atoms. The molecule has 3 aromatic rings. The highest BCUT2D eigenvalue weighted by Gasteiger charge is 2.07. The number of imidazole rings is 1. The van der Waals surface area contributed by atoms with Crippen LogP contribution in [-0.4, -0.2) is 19.3 Å². The van der Waals surface area contributed by atoms with E-state index in [1.54, 1.807) is 4.68 Å². The summed E-state index contributed by atoms with van der Waals surface area (Å²) < 4.78 is 3.86. The van der Waals surface area contributed by atoms with Crippen LogP contribution < -0.4 is 5.32 Å². The molecular weight excluding hydrogens is 262 g/mol. The van der Waals surface area contributed by atoms with E-state index in [4.69, 9.17) is 0 Å². The molecule has 0 saturated carbocycles. The number of benzene rings is 1. The molecule has 5 nitrogen and oxygen atoms in total. The van der Waals surface area contributed by atoms with Crippen molar-refractivity contribution in [2.45, 2.75) is 19.9 Å². The Kier molecular flexibility index (Phi) is 3.48. The number of hydrogen-bond acceptors (Lipinski definition) is 3. The van der Waals surface area contributed by atoms with Crippen LogP contribution in [0.5, 0.6) is 0 Å². The van der Waals surface area contributed by atoms with E-state index in [9.17, 15) is 0 Å². The largest absolute Gasteiger partial charge is 0.376 e. The molecule has 0 aliphatic heterocycles. The Morgan fingerprint density at radius 2 is 1.95 bits per heavy atom. The second-order valence-electron chi connectivity index (χ2n) is 5.20. The maximum Gasteiger partial charge on any atom is 0.110 e. The first-order chi connectivity index (χ1) is 10.1. The van der Waals surface area contributed by atoms with Crippen LogP contribution in [-0.2, 0) is 7.05 Å². The third kappa shape index (κ3) is 2.81. The fourth-order valence-corrected chi connectivity index (χ4v) is 2.40. The Labute approximate surface area is 124 Å². The topological polar surface area (TPSA) is 47.7 Å². The summed E-state index contributed by atoms with van der Waals surface area (Å²) >= 11 is 0. The number of aromatic nitrogens is 4. The molecule has 108 valence electrons. The van der Waals surface area contributed by atoms with Gasteiger partial charge in [-0.25, -0.2) is 4.98 Å². The first-order valence-corrected chi connectivity index (χ1v) is 6.99. The molecule has 0 bridgehead atoms. The molecule has 3 rings (SSSR count). The molecule has 0 aliphatic carbocycles. The normalized spacial score (nSPS) is 12.3. The lowest BCUT2D eigenvalue weighted by atomic mass is 10.1. The van der Waals surface area contributed by atoms with Crippen LogP contribution in [0.4, 0.5) is 5.69 Å². The highest BCUT2D eigenvalue weighted by atomic mass is 15.3. The first kappa shape index (κ1) is 13.4. The van der Waals surface area contributed by atoms with Gasteiger partial charge in [-0.2, -0.15) is 5.10 Å². The molecule has 0 radical (unpaired) electrons. The van der Waals surface area contributed by atoms with Gasteiger partial charge in [-0.05, 0) is 31.5 Å². The van der Waals surface area contributed by atoms with Crippen molar-refractivity contribution in [3.8, 4) is 5.69 Å². The van der Waals surface area contributed by atoms with E-state index in [0.717, 1.165) is 17.2 Å². The molecule has 1 N–H and O–H groups in total. The van der Waals surface area contributed by atoms with E-state index in [0.29, 0.717) is 0 Å². The SMILES string of the molecule is Cc1nccn1-c1ccc(C(C)Nc2cnn(C)c2)cc1. The smallest absolute Gasteiger partial charge is 0.110 e. The molecule has 0 saturated heterocycles.